The molecule has 0 aliphatic heterocycles. The van der Waals surface area contributed by atoms with Crippen LogP contribution >= 0.6 is 11.6 Å². The number of phenolic OH excluding ortho intramolecular Hbond substituents is 3. The zero-order valence-electron chi connectivity index (χ0n) is 26.7. The van der Waals surface area contributed by atoms with Crippen LogP contribution in [-0.2, 0) is 0 Å². The number of H-pyrrole nitrogens is 3. The van der Waals surface area contributed by atoms with Crippen LogP contribution < -0.4 is 16.7 Å². The van der Waals surface area contributed by atoms with Crippen molar-refractivity contribution >= 4 is 17.3 Å². The van der Waals surface area contributed by atoms with Crippen molar-refractivity contribution in [2.75, 3.05) is 0 Å². The molecule has 0 radical (unpaired) electrons. The van der Waals surface area contributed by atoms with E-state index < -0.39 is 0 Å². The second kappa shape index (κ2) is 15.4. The minimum atomic E-state index is -0.292. The summed E-state index contributed by atoms with van der Waals surface area (Å²) >= 11 is 5.82. The normalized spacial score (nSPS) is 10.2. The molecular formula is C35H30ClN7O6. The van der Waals surface area contributed by atoms with Crippen LogP contribution in [0.3, 0.4) is 0 Å². The number of halogens is 1. The molecule has 0 atom stereocenters. The zero-order chi connectivity index (χ0) is 35.8. The number of aryl methyl sites for hydroxylation is 4. The van der Waals surface area contributed by atoms with Crippen LogP contribution in [0.5, 0.6) is 17.2 Å². The molecule has 0 saturated carbocycles. The zero-order valence-corrected chi connectivity index (χ0v) is 27.4. The third kappa shape index (κ3) is 9.50. The maximum atomic E-state index is 11.3. The van der Waals surface area contributed by atoms with Crippen LogP contribution in [0.1, 0.15) is 23.0 Å². The van der Waals surface area contributed by atoms with Crippen molar-refractivity contribution in [1.29, 1.82) is 0 Å². The van der Waals surface area contributed by atoms with Gasteiger partial charge in [-0.05, 0) is 70.2 Å². The minimum absolute atomic E-state index is 0.00472. The topological polar surface area (TPSA) is 202 Å². The quantitative estimate of drug-likeness (QED) is 0.124. The van der Waals surface area contributed by atoms with Gasteiger partial charge in [0.15, 0.2) is 5.69 Å². The minimum Gasteiger partial charge on any atom is -0.507 e. The van der Waals surface area contributed by atoms with Gasteiger partial charge in [0.25, 0.3) is 16.7 Å². The lowest BCUT2D eigenvalue weighted by Gasteiger charge is -2.05. The van der Waals surface area contributed by atoms with Gasteiger partial charge in [-0.1, -0.05) is 29.3 Å². The van der Waals surface area contributed by atoms with Crippen molar-refractivity contribution in [2.45, 2.75) is 27.7 Å². The maximum absolute atomic E-state index is 11.3. The lowest BCUT2D eigenvalue weighted by Crippen LogP contribution is -2.08. The van der Waals surface area contributed by atoms with E-state index >= 15 is 0 Å². The number of hydrogen-bond donors (Lipinski definition) is 6. The van der Waals surface area contributed by atoms with Gasteiger partial charge in [0, 0.05) is 39.9 Å². The van der Waals surface area contributed by atoms with E-state index in [2.05, 4.69) is 34.7 Å². The first-order valence-electron chi connectivity index (χ1n) is 14.5. The summed E-state index contributed by atoms with van der Waals surface area (Å²) in [5.74, 6) is 1.64. The Morgan fingerprint density at radius 3 is 1.39 bits per heavy atom. The summed E-state index contributed by atoms with van der Waals surface area (Å²) in [7, 11) is 0. The van der Waals surface area contributed by atoms with Crippen molar-refractivity contribution in [1.82, 2.24) is 29.9 Å². The van der Waals surface area contributed by atoms with E-state index in [0.29, 0.717) is 62.0 Å². The molecule has 6 rings (SSSR count). The first-order chi connectivity index (χ1) is 23.2. The average molecular weight is 680 g/mol. The van der Waals surface area contributed by atoms with Crippen molar-refractivity contribution in [2.24, 2.45) is 0 Å². The summed E-state index contributed by atoms with van der Waals surface area (Å²) in [5, 5.41) is 29.6. The van der Waals surface area contributed by atoms with E-state index in [1.165, 1.54) is 42.5 Å². The SMILES string of the molecule is Cc1ccc(O)c(-c2cc(=O)[nH]c(C)n2)c1.Cc1nc(-c2cc(Cl)ccc2O)cc(=O)[nH]1.[C-]#[N+]c1ccc(O)c(-c2cc(=O)[nH]c(C)n2)c1. The predicted molar refractivity (Wildman–Crippen MR) is 186 cm³/mol. The molecule has 248 valence electrons. The van der Waals surface area contributed by atoms with Gasteiger partial charge < -0.3 is 30.3 Å². The van der Waals surface area contributed by atoms with Crippen molar-refractivity contribution in [3.63, 3.8) is 0 Å². The number of aromatic nitrogens is 6. The second-order valence-electron chi connectivity index (χ2n) is 10.6. The molecular weight excluding hydrogens is 650 g/mol. The van der Waals surface area contributed by atoms with Gasteiger partial charge >= 0.3 is 0 Å². The molecule has 13 nitrogen and oxygen atoms in total. The Kier molecular flexibility index (Phi) is 11.1. The number of phenols is 3. The molecule has 0 aliphatic rings. The number of benzene rings is 3. The molecule has 0 amide bonds. The fourth-order valence-electron chi connectivity index (χ4n) is 4.52. The third-order valence-corrected chi connectivity index (χ3v) is 6.86. The van der Waals surface area contributed by atoms with Gasteiger partial charge in [0.05, 0.1) is 23.7 Å². The number of hydrogen-bond acceptors (Lipinski definition) is 9. The smallest absolute Gasteiger partial charge is 0.251 e. The van der Waals surface area contributed by atoms with Crippen LogP contribution in [0.2, 0.25) is 5.02 Å². The molecule has 6 N–H and O–H groups in total. The van der Waals surface area contributed by atoms with Crippen LogP contribution in [0.15, 0.2) is 87.2 Å². The molecule has 0 aliphatic carbocycles. The van der Waals surface area contributed by atoms with E-state index in [1.807, 2.05) is 6.92 Å². The summed E-state index contributed by atoms with van der Waals surface area (Å²) in [6, 6.07) is 18.2. The lowest BCUT2D eigenvalue weighted by molar-refractivity contribution is 0.476. The molecule has 0 fully saturated rings. The lowest BCUT2D eigenvalue weighted by atomic mass is 10.1. The second-order valence-corrected chi connectivity index (χ2v) is 11.1. The maximum Gasteiger partial charge on any atom is 0.251 e. The molecule has 14 heteroatoms. The molecule has 3 aromatic heterocycles. The van der Waals surface area contributed by atoms with E-state index in [1.54, 1.807) is 51.1 Å². The Balaban J connectivity index is 0.000000166. The fourth-order valence-corrected chi connectivity index (χ4v) is 4.69. The molecule has 3 aromatic carbocycles. The summed E-state index contributed by atoms with van der Waals surface area (Å²) < 4.78 is 0. The Hall–Kier alpha value is -6.52. The van der Waals surface area contributed by atoms with Gasteiger partial charge in [0.2, 0.25) is 0 Å². The fraction of sp³-hybridized carbons (Fsp3) is 0.114. The van der Waals surface area contributed by atoms with Crippen molar-refractivity contribution in [3.8, 4) is 51.0 Å². The first-order valence-corrected chi connectivity index (χ1v) is 14.8. The van der Waals surface area contributed by atoms with E-state index in [-0.39, 0.29) is 33.9 Å². The van der Waals surface area contributed by atoms with E-state index in [9.17, 15) is 29.7 Å². The molecule has 0 saturated heterocycles. The largest absolute Gasteiger partial charge is 0.507 e. The molecule has 3 heterocycles. The highest BCUT2D eigenvalue weighted by Crippen LogP contribution is 2.32. The van der Waals surface area contributed by atoms with Gasteiger partial charge in [0.1, 0.15) is 34.7 Å². The molecule has 49 heavy (non-hydrogen) atoms. The molecule has 0 spiro atoms. The third-order valence-electron chi connectivity index (χ3n) is 6.63. The van der Waals surface area contributed by atoms with Crippen molar-refractivity contribution < 1.29 is 15.3 Å². The van der Waals surface area contributed by atoms with Gasteiger partial charge in [-0.15, -0.1) is 0 Å². The summed E-state index contributed by atoms with van der Waals surface area (Å²) in [6.07, 6.45) is 0. The van der Waals surface area contributed by atoms with Crippen LogP contribution in [0, 0.1) is 34.3 Å². The molecule has 0 bridgehead atoms. The molecule has 0 unspecified atom stereocenters. The first kappa shape index (κ1) is 35.3. The number of nitrogens with one attached hydrogen (secondary N) is 3. The van der Waals surface area contributed by atoms with E-state index in [0.717, 1.165) is 5.56 Å². The van der Waals surface area contributed by atoms with Crippen LogP contribution in [-0.4, -0.2) is 45.2 Å². The summed E-state index contributed by atoms with van der Waals surface area (Å²) in [6.45, 7) is 13.9. The predicted octanol–water partition coefficient (Wildman–Crippen LogP) is 5.87. The van der Waals surface area contributed by atoms with Gasteiger partial charge in [-0.25, -0.2) is 19.8 Å². The average Bonchev–Trinajstić information content (AvgIpc) is 3.03. The summed E-state index contributed by atoms with van der Waals surface area (Å²) in [5.41, 5.74) is 3.28. The van der Waals surface area contributed by atoms with Crippen LogP contribution in [0.4, 0.5) is 5.69 Å². The highest BCUT2D eigenvalue weighted by molar-refractivity contribution is 6.30. The number of aromatic amines is 3. The number of nitrogens with zero attached hydrogens (tertiary/aromatic N) is 4. The van der Waals surface area contributed by atoms with E-state index in [4.69, 9.17) is 18.2 Å². The highest BCUT2D eigenvalue weighted by Gasteiger charge is 2.10. The standard InChI is InChI=1S/C12H9N3O2.C12H12N2O2.C11H9ClN2O2/c1-7-14-10(6-12(17)15-7)9-5-8(13-2)3-4-11(9)16;1-7-3-4-11(15)9(5-7)10-6-12(16)14-8(2)13-10;1-6-13-9(5-11(16)14-6)8-4-7(12)2-3-10(8)15/h3-6,16H,1H3,(H,14,15,17);3-6,15H,1-2H3,(H,13,14,16);2-5,15H,1H3,(H,13,14,16). The summed E-state index contributed by atoms with van der Waals surface area (Å²) in [4.78, 5) is 57.2. The Morgan fingerprint density at radius 2 is 0.959 bits per heavy atom. The van der Waals surface area contributed by atoms with Gasteiger partial charge in [-0.3, -0.25) is 14.4 Å². The van der Waals surface area contributed by atoms with Crippen molar-refractivity contribution in [3.05, 3.63) is 143 Å². The highest BCUT2D eigenvalue weighted by atomic mass is 35.5. The van der Waals surface area contributed by atoms with Crippen LogP contribution in [0.25, 0.3) is 38.6 Å². The Bertz CT molecular complexity index is 2270. The number of aromatic hydroxyl groups is 3. The monoisotopic (exact) mass is 679 g/mol. The number of rotatable bonds is 3. The Labute approximate surface area is 284 Å². The Morgan fingerprint density at radius 1 is 0.571 bits per heavy atom. The molecule has 6 aromatic rings. The van der Waals surface area contributed by atoms with Gasteiger partial charge in [-0.2, -0.15) is 0 Å².